The minimum absolute atomic E-state index is 0.976. The Balaban J connectivity index is 2.62. The van der Waals surface area contributed by atoms with Crippen LogP contribution in [-0.4, -0.2) is 6.54 Å². The fraction of sp³-hybridized carbons (Fsp3) is 0.400. The second kappa shape index (κ2) is 3.88. The van der Waals surface area contributed by atoms with Gasteiger partial charge in [0.05, 0.1) is 0 Å². The van der Waals surface area contributed by atoms with E-state index in [1.807, 2.05) is 6.08 Å². The van der Waals surface area contributed by atoms with Crippen molar-refractivity contribution in [3.8, 4) is 12.3 Å². The van der Waals surface area contributed by atoms with E-state index in [2.05, 4.69) is 24.2 Å². The predicted molar refractivity (Wildman–Crippen MR) is 47.9 cm³/mol. The van der Waals surface area contributed by atoms with Gasteiger partial charge in [-0.25, -0.2) is 0 Å². The van der Waals surface area contributed by atoms with Crippen LogP contribution < -0.4 is 5.32 Å². The third-order valence-corrected chi connectivity index (χ3v) is 1.68. The molecule has 0 aromatic rings. The van der Waals surface area contributed by atoms with Crippen molar-refractivity contribution in [2.45, 2.75) is 19.8 Å². The third-order valence-electron chi connectivity index (χ3n) is 1.68. The molecule has 11 heavy (non-hydrogen) atoms. The Morgan fingerprint density at radius 3 is 3.18 bits per heavy atom. The maximum atomic E-state index is 5.27. The van der Waals surface area contributed by atoms with Crippen LogP contribution in [0.5, 0.6) is 0 Å². The van der Waals surface area contributed by atoms with Gasteiger partial charge in [0.2, 0.25) is 0 Å². The van der Waals surface area contributed by atoms with Gasteiger partial charge in [0.25, 0.3) is 0 Å². The van der Waals surface area contributed by atoms with Gasteiger partial charge >= 0.3 is 0 Å². The lowest BCUT2D eigenvalue weighted by Crippen LogP contribution is -2.13. The van der Waals surface area contributed by atoms with Crippen LogP contribution in [-0.2, 0) is 0 Å². The quantitative estimate of drug-likeness (QED) is 0.588. The molecule has 0 atom stereocenters. The van der Waals surface area contributed by atoms with Crippen LogP contribution in [0.3, 0.4) is 0 Å². The average Bonchev–Trinajstić information content (AvgIpc) is 2.06. The van der Waals surface area contributed by atoms with Gasteiger partial charge < -0.3 is 5.32 Å². The van der Waals surface area contributed by atoms with Crippen LogP contribution in [0.4, 0.5) is 0 Å². The van der Waals surface area contributed by atoms with Crippen LogP contribution in [0, 0.1) is 12.3 Å². The molecule has 0 saturated heterocycles. The highest BCUT2D eigenvalue weighted by atomic mass is 14.9. The van der Waals surface area contributed by atoms with Crippen LogP contribution in [0.15, 0.2) is 23.4 Å². The Labute approximate surface area is 68.2 Å². The first-order valence-electron chi connectivity index (χ1n) is 3.98. The highest BCUT2D eigenvalue weighted by molar-refractivity contribution is 5.40. The van der Waals surface area contributed by atoms with Crippen molar-refractivity contribution < 1.29 is 0 Å². The molecule has 1 N–H and O–H groups in total. The predicted octanol–water partition coefficient (Wildman–Crippen LogP) is 1.83. The minimum Gasteiger partial charge on any atom is -0.389 e. The molecule has 0 fully saturated rings. The molecule has 0 radical (unpaired) electrons. The van der Waals surface area contributed by atoms with Gasteiger partial charge in [-0.2, -0.15) is 0 Å². The molecule has 0 spiro atoms. The van der Waals surface area contributed by atoms with E-state index >= 15 is 0 Å². The number of rotatable bonds is 2. The van der Waals surface area contributed by atoms with Gasteiger partial charge in [-0.05, 0) is 25.8 Å². The Morgan fingerprint density at radius 1 is 1.73 bits per heavy atom. The van der Waals surface area contributed by atoms with E-state index in [0.717, 1.165) is 25.0 Å². The molecule has 1 heteroatoms. The minimum atomic E-state index is 0.976. The van der Waals surface area contributed by atoms with Crippen molar-refractivity contribution in [2.24, 2.45) is 0 Å². The van der Waals surface area contributed by atoms with E-state index in [-0.39, 0.29) is 0 Å². The molecule has 58 valence electrons. The van der Waals surface area contributed by atoms with Crippen LogP contribution in [0.25, 0.3) is 0 Å². The number of terminal acetylenes is 1. The summed E-state index contributed by atoms with van der Waals surface area (Å²) in [6.45, 7) is 3.07. The molecular formula is C10H13N. The summed E-state index contributed by atoms with van der Waals surface area (Å²) in [6, 6.07) is 0. The molecule has 0 aromatic heterocycles. The SMILES string of the molecule is C#CC1=CCCC(NCC)=C1. The molecule has 0 saturated carbocycles. The van der Waals surface area contributed by atoms with Gasteiger partial charge in [0.15, 0.2) is 0 Å². The fourth-order valence-electron chi connectivity index (χ4n) is 1.17. The van der Waals surface area contributed by atoms with E-state index in [9.17, 15) is 0 Å². The molecule has 1 aliphatic carbocycles. The topological polar surface area (TPSA) is 12.0 Å². The Kier molecular flexibility index (Phi) is 2.80. The van der Waals surface area contributed by atoms with E-state index in [0.29, 0.717) is 0 Å². The first-order valence-corrected chi connectivity index (χ1v) is 3.98. The molecule has 1 nitrogen and oxygen atoms in total. The molecule has 1 aliphatic rings. The van der Waals surface area contributed by atoms with Crippen molar-refractivity contribution in [1.29, 1.82) is 0 Å². The summed E-state index contributed by atoms with van der Waals surface area (Å²) in [5, 5.41) is 3.27. The highest BCUT2D eigenvalue weighted by Crippen LogP contribution is 2.13. The van der Waals surface area contributed by atoms with Crippen molar-refractivity contribution in [2.75, 3.05) is 6.54 Å². The van der Waals surface area contributed by atoms with Gasteiger partial charge in [-0.3, -0.25) is 0 Å². The van der Waals surface area contributed by atoms with Gasteiger partial charge in [0, 0.05) is 17.8 Å². The van der Waals surface area contributed by atoms with E-state index in [1.54, 1.807) is 0 Å². The molecule has 0 unspecified atom stereocenters. The first-order chi connectivity index (χ1) is 5.36. The summed E-state index contributed by atoms with van der Waals surface area (Å²) in [4.78, 5) is 0. The molecule has 0 amide bonds. The van der Waals surface area contributed by atoms with Crippen LogP contribution >= 0.6 is 0 Å². The Morgan fingerprint density at radius 2 is 2.55 bits per heavy atom. The lowest BCUT2D eigenvalue weighted by Gasteiger charge is -2.11. The van der Waals surface area contributed by atoms with Crippen molar-refractivity contribution >= 4 is 0 Å². The third kappa shape index (κ3) is 2.16. The number of nitrogens with one attached hydrogen (secondary N) is 1. The lowest BCUT2D eigenvalue weighted by molar-refractivity contribution is 0.772. The summed E-state index contributed by atoms with van der Waals surface area (Å²) < 4.78 is 0. The standard InChI is InChI=1S/C10H13N/c1-3-9-6-5-7-10(8-9)11-4-2/h1,6,8,11H,4-5,7H2,2H3. The highest BCUT2D eigenvalue weighted by Gasteiger charge is 2.01. The summed E-state index contributed by atoms with van der Waals surface area (Å²) in [5.41, 5.74) is 2.27. The zero-order valence-corrected chi connectivity index (χ0v) is 6.85. The molecule has 0 aliphatic heterocycles. The largest absolute Gasteiger partial charge is 0.389 e. The normalized spacial score (nSPS) is 16.4. The zero-order valence-electron chi connectivity index (χ0n) is 6.85. The summed E-state index contributed by atoms with van der Waals surface area (Å²) in [6.07, 6.45) is 11.6. The van der Waals surface area contributed by atoms with Gasteiger partial charge in [0.1, 0.15) is 0 Å². The molecular weight excluding hydrogens is 134 g/mol. The molecule has 0 bridgehead atoms. The summed E-state index contributed by atoms with van der Waals surface area (Å²) in [5.74, 6) is 2.64. The maximum absolute atomic E-state index is 5.27. The molecule has 1 rings (SSSR count). The van der Waals surface area contributed by atoms with Crippen molar-refractivity contribution in [1.82, 2.24) is 5.32 Å². The molecule has 0 aromatic carbocycles. The second-order valence-electron chi connectivity index (χ2n) is 2.54. The Hall–Kier alpha value is -1.16. The van der Waals surface area contributed by atoms with Crippen molar-refractivity contribution in [3.05, 3.63) is 23.4 Å². The number of allylic oxidation sites excluding steroid dienone is 4. The number of hydrogen-bond acceptors (Lipinski definition) is 1. The van der Waals surface area contributed by atoms with Gasteiger partial charge in [-0.1, -0.05) is 12.0 Å². The average molecular weight is 147 g/mol. The van der Waals surface area contributed by atoms with Crippen molar-refractivity contribution in [3.63, 3.8) is 0 Å². The lowest BCUT2D eigenvalue weighted by atomic mass is 10.1. The summed E-state index contributed by atoms with van der Waals surface area (Å²) >= 11 is 0. The summed E-state index contributed by atoms with van der Waals surface area (Å²) in [7, 11) is 0. The smallest absolute Gasteiger partial charge is 0.0219 e. The van der Waals surface area contributed by atoms with E-state index in [4.69, 9.17) is 6.42 Å². The Bertz CT molecular complexity index is 228. The molecule has 0 heterocycles. The second-order valence-corrected chi connectivity index (χ2v) is 2.54. The van der Waals surface area contributed by atoms with Crippen LogP contribution in [0.2, 0.25) is 0 Å². The first kappa shape index (κ1) is 7.94. The monoisotopic (exact) mass is 147 g/mol. The maximum Gasteiger partial charge on any atom is 0.0219 e. The fourth-order valence-corrected chi connectivity index (χ4v) is 1.17. The van der Waals surface area contributed by atoms with Gasteiger partial charge in [-0.15, -0.1) is 6.42 Å². The van der Waals surface area contributed by atoms with E-state index < -0.39 is 0 Å². The number of hydrogen-bond donors (Lipinski definition) is 1. The zero-order chi connectivity index (χ0) is 8.10. The van der Waals surface area contributed by atoms with E-state index in [1.165, 1.54) is 5.70 Å². The van der Waals surface area contributed by atoms with Crippen LogP contribution in [0.1, 0.15) is 19.8 Å².